The summed E-state index contributed by atoms with van der Waals surface area (Å²) in [6.45, 7) is 17.7. The zero-order valence-corrected chi connectivity index (χ0v) is 17.4. The molecule has 1 spiro atoms. The van der Waals surface area contributed by atoms with Gasteiger partial charge in [-0.3, -0.25) is 0 Å². The Hall–Kier alpha value is -0.260. The van der Waals surface area contributed by atoms with Crippen LogP contribution >= 0.6 is 0 Å². The fraction of sp³-hybridized carbons (Fsp3) is 0.920. The molecular weight excluding hydrogens is 300 g/mol. The highest BCUT2D eigenvalue weighted by Crippen LogP contribution is 2.86. The maximum atomic E-state index is 4.68. The van der Waals surface area contributed by atoms with E-state index in [0.29, 0.717) is 16.2 Å². The van der Waals surface area contributed by atoms with Crippen LogP contribution in [0, 0.1) is 57.7 Å². The van der Waals surface area contributed by atoms with Crippen LogP contribution in [-0.2, 0) is 0 Å². The Morgan fingerprint density at radius 2 is 1.80 bits per heavy atom. The lowest BCUT2D eigenvalue weighted by Crippen LogP contribution is -2.43. The third-order valence-corrected chi connectivity index (χ3v) is 11.2. The average Bonchev–Trinajstić information content (AvgIpc) is 2.80. The topological polar surface area (TPSA) is 0 Å². The molecule has 0 heteroatoms. The summed E-state index contributed by atoms with van der Waals surface area (Å²) in [5, 5.41) is 0. The van der Waals surface area contributed by atoms with E-state index in [9.17, 15) is 0 Å². The first-order chi connectivity index (χ1) is 11.8. The van der Waals surface area contributed by atoms with Crippen LogP contribution < -0.4 is 0 Å². The van der Waals surface area contributed by atoms with Gasteiger partial charge in [-0.15, -0.1) is 0 Å². The molecule has 0 nitrogen and oxygen atoms in total. The molecule has 5 fully saturated rings. The van der Waals surface area contributed by atoms with Gasteiger partial charge in [-0.1, -0.05) is 46.8 Å². The van der Waals surface area contributed by atoms with Crippen LogP contribution in [0.1, 0.15) is 86.0 Å². The van der Waals surface area contributed by atoms with E-state index in [1.54, 1.807) is 5.57 Å². The van der Waals surface area contributed by atoms with E-state index in [4.69, 9.17) is 0 Å². The molecule has 0 unspecified atom stereocenters. The van der Waals surface area contributed by atoms with Gasteiger partial charge >= 0.3 is 0 Å². The van der Waals surface area contributed by atoms with Gasteiger partial charge in [0.15, 0.2) is 0 Å². The molecule has 0 N–H and O–H groups in total. The first-order valence-corrected chi connectivity index (χ1v) is 11.4. The minimum atomic E-state index is 0.614. The van der Waals surface area contributed by atoms with E-state index in [1.807, 2.05) is 0 Å². The Bertz CT molecular complexity index is 601. The van der Waals surface area contributed by atoms with Crippen molar-refractivity contribution in [2.24, 2.45) is 57.7 Å². The van der Waals surface area contributed by atoms with Crippen LogP contribution in [0.5, 0.6) is 0 Å². The number of hydrogen-bond acceptors (Lipinski definition) is 0. The molecule has 9 atom stereocenters. The molecule has 0 saturated heterocycles. The maximum absolute atomic E-state index is 4.68. The minimum absolute atomic E-state index is 0.614. The molecule has 0 amide bonds. The number of allylic oxidation sites excluding steroid dienone is 1. The van der Waals surface area contributed by atoms with Crippen molar-refractivity contribution >= 4 is 0 Å². The SMILES string of the molecule is C=C1CC[C@@]23[C@H](C)CC[C@@H]2[C@@]3(C)[C@@H]2C[C@@H]3[C@H](C(C)C)CC[C@@]3(C)C[C@@H]12. The predicted octanol–water partition coefficient (Wildman–Crippen LogP) is 7.10. The van der Waals surface area contributed by atoms with Crippen molar-refractivity contribution in [1.82, 2.24) is 0 Å². The van der Waals surface area contributed by atoms with Gasteiger partial charge in [0.2, 0.25) is 0 Å². The molecule has 0 aliphatic heterocycles. The van der Waals surface area contributed by atoms with E-state index >= 15 is 0 Å². The van der Waals surface area contributed by atoms with Crippen molar-refractivity contribution in [1.29, 1.82) is 0 Å². The third-order valence-electron chi connectivity index (χ3n) is 11.2. The lowest BCUT2D eigenvalue weighted by Gasteiger charge is -2.50. The third kappa shape index (κ3) is 1.81. The van der Waals surface area contributed by atoms with Gasteiger partial charge in [-0.05, 0) is 109 Å². The Morgan fingerprint density at radius 3 is 2.52 bits per heavy atom. The largest absolute Gasteiger partial charge is 0.0996 e. The summed E-state index contributed by atoms with van der Waals surface area (Å²) in [6, 6.07) is 0. The monoisotopic (exact) mass is 340 g/mol. The number of hydrogen-bond donors (Lipinski definition) is 0. The summed E-state index contributed by atoms with van der Waals surface area (Å²) < 4.78 is 0. The zero-order chi connectivity index (χ0) is 17.8. The first kappa shape index (κ1) is 16.9. The minimum Gasteiger partial charge on any atom is -0.0996 e. The molecular formula is C25H40. The summed E-state index contributed by atoms with van der Waals surface area (Å²) in [6.07, 6.45) is 11.8. The smallest absolute Gasteiger partial charge is 0.0167 e. The summed E-state index contributed by atoms with van der Waals surface area (Å²) in [5.41, 5.74) is 3.62. The van der Waals surface area contributed by atoms with E-state index in [-0.39, 0.29) is 0 Å². The maximum Gasteiger partial charge on any atom is -0.0167 e. The molecule has 5 saturated carbocycles. The van der Waals surface area contributed by atoms with Crippen molar-refractivity contribution in [2.45, 2.75) is 86.0 Å². The summed E-state index contributed by atoms with van der Waals surface area (Å²) >= 11 is 0. The average molecular weight is 341 g/mol. The van der Waals surface area contributed by atoms with E-state index < -0.39 is 0 Å². The molecule has 0 aromatic rings. The number of rotatable bonds is 1. The molecule has 5 rings (SSSR count). The van der Waals surface area contributed by atoms with E-state index in [0.717, 1.165) is 41.4 Å². The molecule has 25 heavy (non-hydrogen) atoms. The number of fused-ring (bicyclic) bond motifs is 4. The van der Waals surface area contributed by atoms with Gasteiger partial charge in [-0.2, -0.15) is 0 Å². The van der Waals surface area contributed by atoms with Crippen molar-refractivity contribution in [3.05, 3.63) is 12.2 Å². The van der Waals surface area contributed by atoms with Gasteiger partial charge in [0.25, 0.3) is 0 Å². The Labute approximate surface area is 156 Å². The highest BCUT2D eigenvalue weighted by Gasteiger charge is 2.80. The Kier molecular flexibility index (Phi) is 3.35. The second kappa shape index (κ2) is 4.96. The van der Waals surface area contributed by atoms with Gasteiger partial charge in [0.05, 0.1) is 0 Å². The Morgan fingerprint density at radius 1 is 1.04 bits per heavy atom. The highest BCUT2D eigenvalue weighted by atomic mass is 14.8. The van der Waals surface area contributed by atoms with Gasteiger partial charge in [0, 0.05) is 0 Å². The van der Waals surface area contributed by atoms with E-state index in [2.05, 4.69) is 41.2 Å². The van der Waals surface area contributed by atoms with Crippen LogP contribution in [0.15, 0.2) is 12.2 Å². The lowest BCUT2D eigenvalue weighted by molar-refractivity contribution is -0.000749. The predicted molar refractivity (Wildman–Crippen MR) is 106 cm³/mol. The van der Waals surface area contributed by atoms with Crippen LogP contribution in [0.25, 0.3) is 0 Å². The fourth-order valence-corrected chi connectivity index (χ4v) is 9.89. The summed E-state index contributed by atoms with van der Waals surface area (Å²) in [7, 11) is 0. The first-order valence-electron chi connectivity index (χ1n) is 11.4. The van der Waals surface area contributed by atoms with Crippen LogP contribution in [0.3, 0.4) is 0 Å². The normalized spacial score (nSPS) is 59.8. The molecule has 0 aromatic heterocycles. The lowest BCUT2D eigenvalue weighted by atomic mass is 9.54. The molecule has 5 aliphatic carbocycles. The molecule has 0 radical (unpaired) electrons. The molecule has 0 bridgehead atoms. The van der Waals surface area contributed by atoms with E-state index in [1.165, 1.54) is 51.4 Å². The summed E-state index contributed by atoms with van der Waals surface area (Å²) in [5.74, 6) is 6.66. The van der Waals surface area contributed by atoms with Crippen LogP contribution in [-0.4, -0.2) is 0 Å². The molecule has 0 heterocycles. The standard InChI is InChI=1S/C25H40/c1-15(2)18-10-11-23(5)14-19-16(3)9-12-25-17(4)7-8-22(25)24(25,6)21(19)13-20(18)23/h15,17-22H,3,7-14H2,1-2,4-6H3/t17-,18+,19+,20-,21-,22-,23+,24-,25-/m1/s1. The van der Waals surface area contributed by atoms with Crippen molar-refractivity contribution in [2.75, 3.05) is 0 Å². The van der Waals surface area contributed by atoms with Gasteiger partial charge in [0.1, 0.15) is 0 Å². The van der Waals surface area contributed by atoms with Gasteiger partial charge in [-0.25, -0.2) is 0 Å². The Balaban J connectivity index is 1.54. The second-order valence-corrected chi connectivity index (χ2v) is 11.9. The van der Waals surface area contributed by atoms with Crippen LogP contribution in [0.4, 0.5) is 0 Å². The van der Waals surface area contributed by atoms with Gasteiger partial charge < -0.3 is 0 Å². The fourth-order valence-electron chi connectivity index (χ4n) is 9.89. The molecule has 0 aromatic carbocycles. The highest BCUT2D eigenvalue weighted by molar-refractivity contribution is 5.32. The quantitative estimate of drug-likeness (QED) is 0.446. The molecule has 140 valence electrons. The van der Waals surface area contributed by atoms with Crippen molar-refractivity contribution < 1.29 is 0 Å². The zero-order valence-electron chi connectivity index (χ0n) is 17.4. The van der Waals surface area contributed by atoms with Crippen molar-refractivity contribution in [3.8, 4) is 0 Å². The van der Waals surface area contributed by atoms with Crippen LogP contribution in [0.2, 0.25) is 0 Å². The second-order valence-electron chi connectivity index (χ2n) is 11.9. The summed E-state index contributed by atoms with van der Waals surface area (Å²) in [4.78, 5) is 0. The van der Waals surface area contributed by atoms with Crippen molar-refractivity contribution in [3.63, 3.8) is 0 Å². The molecule has 5 aliphatic rings.